The lowest BCUT2D eigenvalue weighted by Crippen LogP contribution is -2.00. The number of thioether (sulfide) groups is 1. The van der Waals surface area contributed by atoms with Crippen molar-refractivity contribution in [3.63, 3.8) is 0 Å². The molecule has 0 aliphatic heterocycles. The number of hydrogen-bond acceptors (Lipinski definition) is 3. The molecule has 0 aliphatic rings. The maximum absolute atomic E-state index is 5.86. The zero-order valence-corrected chi connectivity index (χ0v) is 11.8. The minimum Gasteiger partial charge on any atom is -0.490 e. The van der Waals surface area contributed by atoms with Gasteiger partial charge in [-0.3, -0.25) is 4.98 Å². The van der Waals surface area contributed by atoms with Crippen molar-refractivity contribution in [2.45, 2.75) is 4.90 Å². The standard InChI is InChI=1S/C17H15NOS/c1-2-8-15(9-3-1)20-13-12-19-16-10-4-6-14-7-5-11-18-17(14)16/h1-11H,12-13H2. The quantitative estimate of drug-likeness (QED) is 0.511. The molecule has 0 bridgehead atoms. The summed E-state index contributed by atoms with van der Waals surface area (Å²) in [5, 5.41) is 1.11. The SMILES string of the molecule is c1ccc(SCCOc2cccc3cccnc23)cc1. The van der Waals surface area contributed by atoms with Crippen LogP contribution in [0.3, 0.4) is 0 Å². The number of para-hydroxylation sites is 1. The first-order chi connectivity index (χ1) is 9.93. The van der Waals surface area contributed by atoms with Crippen LogP contribution >= 0.6 is 11.8 Å². The Bertz CT molecular complexity index is 679. The van der Waals surface area contributed by atoms with Gasteiger partial charge in [-0.25, -0.2) is 0 Å². The van der Waals surface area contributed by atoms with E-state index in [1.54, 1.807) is 18.0 Å². The Morgan fingerprint density at radius 3 is 2.65 bits per heavy atom. The number of pyridine rings is 1. The highest BCUT2D eigenvalue weighted by Crippen LogP contribution is 2.23. The summed E-state index contributed by atoms with van der Waals surface area (Å²) in [6, 6.07) is 20.4. The van der Waals surface area contributed by atoms with E-state index in [9.17, 15) is 0 Å². The van der Waals surface area contributed by atoms with Crippen LogP contribution in [0.5, 0.6) is 5.75 Å². The fraction of sp³-hybridized carbons (Fsp3) is 0.118. The normalized spacial score (nSPS) is 10.6. The van der Waals surface area contributed by atoms with Gasteiger partial charge in [0.05, 0.1) is 6.61 Å². The third-order valence-electron chi connectivity index (χ3n) is 2.95. The van der Waals surface area contributed by atoms with E-state index in [4.69, 9.17) is 4.74 Å². The van der Waals surface area contributed by atoms with Gasteiger partial charge >= 0.3 is 0 Å². The maximum atomic E-state index is 5.86. The van der Waals surface area contributed by atoms with Crippen molar-refractivity contribution in [1.29, 1.82) is 0 Å². The highest BCUT2D eigenvalue weighted by molar-refractivity contribution is 7.99. The van der Waals surface area contributed by atoms with Crippen molar-refractivity contribution in [1.82, 2.24) is 4.98 Å². The lowest BCUT2D eigenvalue weighted by atomic mass is 10.2. The predicted octanol–water partition coefficient (Wildman–Crippen LogP) is 4.41. The average Bonchev–Trinajstić information content (AvgIpc) is 2.53. The number of fused-ring (bicyclic) bond motifs is 1. The molecule has 2 nitrogen and oxygen atoms in total. The van der Waals surface area contributed by atoms with Crippen LogP contribution in [0.1, 0.15) is 0 Å². The molecule has 0 radical (unpaired) electrons. The van der Waals surface area contributed by atoms with Crippen LogP contribution in [0.4, 0.5) is 0 Å². The summed E-state index contributed by atoms with van der Waals surface area (Å²) in [7, 11) is 0. The van der Waals surface area contributed by atoms with Gasteiger partial charge in [-0.05, 0) is 24.3 Å². The number of benzene rings is 2. The summed E-state index contributed by atoms with van der Waals surface area (Å²) in [6.07, 6.45) is 1.80. The second kappa shape index (κ2) is 6.44. The molecule has 1 aromatic heterocycles. The van der Waals surface area contributed by atoms with Gasteiger partial charge < -0.3 is 4.74 Å². The first-order valence-electron chi connectivity index (χ1n) is 6.58. The first kappa shape index (κ1) is 13.0. The molecule has 3 aromatic rings. The van der Waals surface area contributed by atoms with Crippen molar-refractivity contribution >= 4 is 22.7 Å². The summed E-state index contributed by atoms with van der Waals surface area (Å²) >= 11 is 1.80. The maximum Gasteiger partial charge on any atom is 0.145 e. The van der Waals surface area contributed by atoms with Crippen LogP contribution in [0, 0.1) is 0 Å². The van der Waals surface area contributed by atoms with Crippen LogP contribution in [-0.4, -0.2) is 17.3 Å². The zero-order chi connectivity index (χ0) is 13.6. The molecule has 0 amide bonds. The summed E-state index contributed by atoms with van der Waals surface area (Å²) in [4.78, 5) is 5.66. The molecule has 100 valence electrons. The highest BCUT2D eigenvalue weighted by atomic mass is 32.2. The van der Waals surface area contributed by atoms with E-state index in [0.717, 1.165) is 22.4 Å². The molecule has 3 rings (SSSR count). The van der Waals surface area contributed by atoms with Crippen molar-refractivity contribution in [3.05, 3.63) is 66.9 Å². The Morgan fingerprint density at radius 2 is 1.75 bits per heavy atom. The van der Waals surface area contributed by atoms with Crippen molar-refractivity contribution in [2.75, 3.05) is 12.4 Å². The fourth-order valence-corrected chi connectivity index (χ4v) is 2.77. The largest absolute Gasteiger partial charge is 0.490 e. The molecular weight excluding hydrogens is 266 g/mol. The van der Waals surface area contributed by atoms with E-state index in [-0.39, 0.29) is 0 Å². The molecule has 0 atom stereocenters. The molecular formula is C17H15NOS. The molecule has 0 unspecified atom stereocenters. The average molecular weight is 281 g/mol. The van der Waals surface area contributed by atoms with E-state index in [2.05, 4.69) is 29.2 Å². The summed E-state index contributed by atoms with van der Waals surface area (Å²) in [5.74, 6) is 1.78. The summed E-state index contributed by atoms with van der Waals surface area (Å²) in [6.45, 7) is 0.676. The smallest absolute Gasteiger partial charge is 0.145 e. The summed E-state index contributed by atoms with van der Waals surface area (Å²) < 4.78 is 5.86. The lowest BCUT2D eigenvalue weighted by Gasteiger charge is -2.08. The van der Waals surface area contributed by atoms with E-state index in [1.165, 1.54) is 4.90 Å². The van der Waals surface area contributed by atoms with Crippen molar-refractivity contribution < 1.29 is 4.74 Å². The number of aromatic nitrogens is 1. The van der Waals surface area contributed by atoms with E-state index < -0.39 is 0 Å². The Labute approximate surface area is 122 Å². The van der Waals surface area contributed by atoms with E-state index >= 15 is 0 Å². The van der Waals surface area contributed by atoms with Crippen molar-refractivity contribution in [3.8, 4) is 5.75 Å². The minimum atomic E-state index is 0.676. The lowest BCUT2D eigenvalue weighted by molar-refractivity contribution is 0.347. The van der Waals surface area contributed by atoms with Crippen LogP contribution in [0.2, 0.25) is 0 Å². The Balaban J connectivity index is 1.60. The van der Waals surface area contributed by atoms with Crippen LogP contribution in [0.15, 0.2) is 71.8 Å². The highest BCUT2D eigenvalue weighted by Gasteiger charge is 2.02. The van der Waals surface area contributed by atoms with Gasteiger partial charge in [0.1, 0.15) is 11.3 Å². The monoisotopic (exact) mass is 281 g/mol. The molecule has 2 aromatic carbocycles. The molecule has 20 heavy (non-hydrogen) atoms. The topological polar surface area (TPSA) is 22.1 Å². The van der Waals surface area contributed by atoms with E-state index in [0.29, 0.717) is 6.61 Å². The molecule has 0 aliphatic carbocycles. The third-order valence-corrected chi connectivity index (χ3v) is 3.92. The number of hydrogen-bond donors (Lipinski definition) is 0. The zero-order valence-electron chi connectivity index (χ0n) is 11.0. The molecule has 3 heteroatoms. The molecule has 1 heterocycles. The molecule has 0 saturated heterocycles. The molecule has 0 spiro atoms. The molecule has 0 fully saturated rings. The van der Waals surface area contributed by atoms with Gasteiger partial charge in [-0.2, -0.15) is 0 Å². The summed E-state index contributed by atoms with van der Waals surface area (Å²) in [5.41, 5.74) is 0.930. The second-order valence-corrected chi connectivity index (χ2v) is 5.51. The van der Waals surface area contributed by atoms with Gasteiger partial charge in [-0.15, -0.1) is 11.8 Å². The van der Waals surface area contributed by atoms with Gasteiger partial charge in [-0.1, -0.05) is 36.4 Å². The van der Waals surface area contributed by atoms with Gasteiger partial charge in [0.15, 0.2) is 0 Å². The Hall–Kier alpha value is -2.00. The van der Waals surface area contributed by atoms with Crippen LogP contribution in [-0.2, 0) is 0 Å². The Kier molecular flexibility index (Phi) is 4.19. The number of ether oxygens (including phenoxy) is 1. The second-order valence-electron chi connectivity index (χ2n) is 4.34. The van der Waals surface area contributed by atoms with Crippen molar-refractivity contribution in [2.24, 2.45) is 0 Å². The number of rotatable bonds is 5. The fourth-order valence-electron chi connectivity index (χ4n) is 2.02. The van der Waals surface area contributed by atoms with Gasteiger partial charge in [0.2, 0.25) is 0 Å². The van der Waals surface area contributed by atoms with Crippen LogP contribution < -0.4 is 4.74 Å². The van der Waals surface area contributed by atoms with E-state index in [1.807, 2.05) is 36.4 Å². The van der Waals surface area contributed by atoms with Crippen LogP contribution in [0.25, 0.3) is 10.9 Å². The number of nitrogens with zero attached hydrogens (tertiary/aromatic N) is 1. The minimum absolute atomic E-state index is 0.676. The Morgan fingerprint density at radius 1 is 0.900 bits per heavy atom. The predicted molar refractivity (Wildman–Crippen MR) is 84.4 cm³/mol. The van der Waals surface area contributed by atoms with Gasteiger partial charge in [0.25, 0.3) is 0 Å². The van der Waals surface area contributed by atoms with Gasteiger partial charge in [0, 0.05) is 22.2 Å². The first-order valence-corrected chi connectivity index (χ1v) is 7.56. The molecule has 0 saturated carbocycles. The third kappa shape index (κ3) is 3.11. The molecule has 0 N–H and O–H groups in total.